The number of hydroxylamine groups is 2. The van der Waals surface area contributed by atoms with E-state index in [1.807, 2.05) is 36.4 Å². The molecule has 2 saturated heterocycles. The predicted octanol–water partition coefficient (Wildman–Crippen LogP) is 1.66. The van der Waals surface area contributed by atoms with Crippen LogP contribution in [0.2, 0.25) is 0 Å². The van der Waals surface area contributed by atoms with E-state index in [1.165, 1.54) is 4.90 Å². The van der Waals surface area contributed by atoms with Crippen LogP contribution in [0.4, 0.5) is 4.79 Å². The van der Waals surface area contributed by atoms with Gasteiger partial charge in [0.15, 0.2) is 5.76 Å². The van der Waals surface area contributed by atoms with E-state index in [-0.39, 0.29) is 12.8 Å². The van der Waals surface area contributed by atoms with E-state index in [9.17, 15) is 14.4 Å². The van der Waals surface area contributed by atoms with Crippen molar-refractivity contribution in [1.82, 2.24) is 20.0 Å². The van der Waals surface area contributed by atoms with E-state index in [2.05, 4.69) is 10.1 Å². The van der Waals surface area contributed by atoms with E-state index in [4.69, 9.17) is 9.36 Å². The fourth-order valence-corrected chi connectivity index (χ4v) is 3.24. The Morgan fingerprint density at radius 2 is 1.71 bits per heavy atom. The van der Waals surface area contributed by atoms with Crippen molar-refractivity contribution in [2.75, 3.05) is 26.2 Å². The summed E-state index contributed by atoms with van der Waals surface area (Å²) in [5, 5.41) is 4.70. The molecule has 28 heavy (non-hydrogen) atoms. The molecule has 1 aromatic carbocycles. The number of carbonyl (C=O) groups excluding carboxylic acids is 3. The second kappa shape index (κ2) is 7.81. The number of carbonyl (C=O) groups is 3. The monoisotopic (exact) mass is 384 g/mol. The molecule has 0 unspecified atom stereocenters. The summed E-state index contributed by atoms with van der Waals surface area (Å²) in [5.41, 5.74) is 1.79. The first kappa shape index (κ1) is 18.2. The topological polar surface area (TPSA) is 96.2 Å². The van der Waals surface area contributed by atoms with Crippen LogP contribution in [0, 0.1) is 0 Å². The molecule has 0 bridgehead atoms. The summed E-state index contributed by atoms with van der Waals surface area (Å²) in [7, 11) is 0. The number of nitrogens with zero attached hydrogens (tertiary/aromatic N) is 4. The Hall–Kier alpha value is -3.20. The Morgan fingerprint density at radius 3 is 2.39 bits per heavy atom. The lowest BCUT2D eigenvalue weighted by molar-refractivity contribution is -0.174. The predicted molar refractivity (Wildman–Crippen MR) is 96.4 cm³/mol. The van der Waals surface area contributed by atoms with Gasteiger partial charge in [0.2, 0.25) is 0 Å². The van der Waals surface area contributed by atoms with Crippen molar-refractivity contribution in [3.8, 4) is 11.3 Å². The van der Waals surface area contributed by atoms with Gasteiger partial charge in [0.25, 0.3) is 11.8 Å². The van der Waals surface area contributed by atoms with E-state index in [0.29, 0.717) is 37.8 Å². The molecule has 9 heteroatoms. The Morgan fingerprint density at radius 1 is 1.04 bits per heavy atom. The van der Waals surface area contributed by atoms with Crippen molar-refractivity contribution in [1.29, 1.82) is 0 Å². The molecule has 2 aliphatic heterocycles. The maximum atomic E-state index is 12.2. The van der Waals surface area contributed by atoms with Crippen LogP contribution in [0.25, 0.3) is 11.3 Å². The van der Waals surface area contributed by atoms with Crippen molar-refractivity contribution in [2.45, 2.75) is 19.4 Å². The molecule has 3 heterocycles. The van der Waals surface area contributed by atoms with Gasteiger partial charge in [-0.2, -0.15) is 0 Å². The molecular weight excluding hydrogens is 364 g/mol. The molecule has 3 amide bonds. The normalized spacial score (nSPS) is 18.0. The third-order valence-corrected chi connectivity index (χ3v) is 4.81. The number of amides is 3. The van der Waals surface area contributed by atoms with Gasteiger partial charge in [0, 0.05) is 57.2 Å². The zero-order valence-electron chi connectivity index (χ0n) is 15.2. The van der Waals surface area contributed by atoms with Gasteiger partial charge in [-0.05, 0) is 0 Å². The summed E-state index contributed by atoms with van der Waals surface area (Å²) in [6.45, 7) is 2.76. The first-order valence-electron chi connectivity index (χ1n) is 9.16. The third kappa shape index (κ3) is 3.89. The fraction of sp³-hybridized carbons (Fsp3) is 0.368. The van der Waals surface area contributed by atoms with E-state index in [1.54, 1.807) is 0 Å². The summed E-state index contributed by atoms with van der Waals surface area (Å²) in [4.78, 5) is 43.9. The number of imide groups is 1. The van der Waals surface area contributed by atoms with E-state index in [0.717, 1.165) is 17.0 Å². The highest BCUT2D eigenvalue weighted by molar-refractivity contribution is 6.01. The van der Waals surface area contributed by atoms with Crippen molar-refractivity contribution in [3.63, 3.8) is 0 Å². The Bertz CT molecular complexity index is 857. The van der Waals surface area contributed by atoms with Gasteiger partial charge in [-0.25, -0.2) is 4.79 Å². The van der Waals surface area contributed by atoms with Crippen LogP contribution in [0.1, 0.15) is 18.5 Å². The highest BCUT2D eigenvalue weighted by Crippen LogP contribution is 2.21. The van der Waals surface area contributed by atoms with Gasteiger partial charge in [-0.15, -0.1) is 5.06 Å². The summed E-state index contributed by atoms with van der Waals surface area (Å²) in [6.07, 6.45) is -0.499. The SMILES string of the molecule is O=C(ON1C(=O)CCC1=O)N1CCN(Cc2cc(-c3ccccc3)on2)CC1. The number of hydrogen-bond donors (Lipinski definition) is 0. The van der Waals surface area contributed by atoms with E-state index >= 15 is 0 Å². The Balaban J connectivity index is 1.28. The molecule has 0 spiro atoms. The zero-order valence-corrected chi connectivity index (χ0v) is 15.2. The largest absolute Gasteiger partial charge is 0.434 e. The number of benzene rings is 1. The van der Waals surface area contributed by atoms with Crippen molar-refractivity contribution >= 4 is 17.9 Å². The summed E-state index contributed by atoms with van der Waals surface area (Å²) >= 11 is 0. The second-order valence-corrected chi connectivity index (χ2v) is 6.75. The van der Waals surface area contributed by atoms with Gasteiger partial charge in [-0.1, -0.05) is 35.5 Å². The molecule has 0 saturated carbocycles. The molecule has 9 nitrogen and oxygen atoms in total. The minimum Gasteiger partial charge on any atom is -0.356 e. The minimum absolute atomic E-state index is 0.0859. The van der Waals surface area contributed by atoms with Crippen molar-refractivity contribution in [2.24, 2.45) is 0 Å². The molecule has 2 fully saturated rings. The summed E-state index contributed by atoms with van der Waals surface area (Å²) in [5.74, 6) is -0.229. The molecule has 0 atom stereocenters. The van der Waals surface area contributed by atoms with Crippen LogP contribution >= 0.6 is 0 Å². The van der Waals surface area contributed by atoms with Gasteiger partial charge < -0.3 is 14.3 Å². The van der Waals surface area contributed by atoms with Gasteiger partial charge in [0.1, 0.15) is 0 Å². The molecule has 146 valence electrons. The maximum Gasteiger partial charge on any atom is 0.434 e. The average molecular weight is 384 g/mol. The number of hydrogen-bond acceptors (Lipinski definition) is 7. The number of rotatable bonds is 4. The van der Waals surface area contributed by atoms with Crippen LogP contribution in [0.3, 0.4) is 0 Å². The smallest absolute Gasteiger partial charge is 0.356 e. The lowest BCUT2D eigenvalue weighted by atomic mass is 10.1. The summed E-state index contributed by atoms with van der Waals surface area (Å²) in [6, 6.07) is 11.7. The summed E-state index contributed by atoms with van der Waals surface area (Å²) < 4.78 is 5.42. The number of aromatic nitrogens is 1. The third-order valence-electron chi connectivity index (χ3n) is 4.81. The van der Waals surface area contributed by atoms with Crippen molar-refractivity contribution in [3.05, 3.63) is 42.1 Å². The molecule has 0 aliphatic carbocycles. The molecule has 4 rings (SSSR count). The van der Waals surface area contributed by atoms with Crippen LogP contribution in [-0.4, -0.2) is 64.1 Å². The quantitative estimate of drug-likeness (QED) is 0.740. The Labute approximate surface area is 161 Å². The lowest BCUT2D eigenvalue weighted by Gasteiger charge is -2.33. The minimum atomic E-state index is -0.670. The van der Waals surface area contributed by atoms with Gasteiger partial charge in [0.05, 0.1) is 5.69 Å². The lowest BCUT2D eigenvalue weighted by Crippen LogP contribution is -2.50. The highest BCUT2D eigenvalue weighted by atomic mass is 16.7. The number of piperazine rings is 1. The van der Waals surface area contributed by atoms with Crippen LogP contribution in [0.5, 0.6) is 0 Å². The standard InChI is InChI=1S/C19H20N4O5/c24-17-6-7-18(25)23(17)28-19(26)22-10-8-21(9-11-22)13-15-12-16(27-20-15)14-4-2-1-3-5-14/h1-5,12H,6-11,13H2. The second-order valence-electron chi connectivity index (χ2n) is 6.75. The van der Waals surface area contributed by atoms with Crippen molar-refractivity contribution < 1.29 is 23.7 Å². The highest BCUT2D eigenvalue weighted by Gasteiger charge is 2.34. The van der Waals surface area contributed by atoms with E-state index < -0.39 is 17.9 Å². The molecule has 2 aliphatic rings. The molecule has 0 radical (unpaired) electrons. The van der Waals surface area contributed by atoms with Crippen LogP contribution in [-0.2, 0) is 21.0 Å². The van der Waals surface area contributed by atoms with Gasteiger partial charge in [-0.3, -0.25) is 14.5 Å². The van der Waals surface area contributed by atoms with Crippen LogP contribution < -0.4 is 0 Å². The average Bonchev–Trinajstić information content (AvgIpc) is 3.31. The fourth-order valence-electron chi connectivity index (χ4n) is 3.24. The molecular formula is C19H20N4O5. The maximum absolute atomic E-state index is 12.2. The molecule has 0 N–H and O–H groups in total. The zero-order chi connectivity index (χ0) is 19.5. The van der Waals surface area contributed by atoms with Gasteiger partial charge >= 0.3 is 6.09 Å². The first-order chi connectivity index (χ1) is 13.6. The first-order valence-corrected chi connectivity index (χ1v) is 9.16. The Kier molecular flexibility index (Phi) is 5.07. The molecule has 2 aromatic rings. The molecule has 1 aromatic heterocycles. The van der Waals surface area contributed by atoms with Crippen LogP contribution in [0.15, 0.2) is 40.9 Å².